The zero-order valence-corrected chi connectivity index (χ0v) is 18.2. The lowest BCUT2D eigenvalue weighted by molar-refractivity contribution is 0.113. The predicted octanol–water partition coefficient (Wildman–Crippen LogP) is 3.94. The maximum atomic E-state index is 12.9. The highest BCUT2D eigenvalue weighted by atomic mass is 32.1. The molecule has 2 heterocycles. The number of fused-ring (bicyclic) bond motifs is 1. The fourth-order valence-electron chi connectivity index (χ4n) is 4.56. The fraction of sp³-hybridized carbons (Fsp3) is 0.565. The zero-order chi connectivity index (χ0) is 20.4. The molecule has 1 aliphatic carbocycles. The molecule has 2 N–H and O–H groups in total. The summed E-state index contributed by atoms with van der Waals surface area (Å²) in [5.41, 5.74) is 4.01. The Kier molecular flexibility index (Phi) is 6.20. The highest BCUT2D eigenvalue weighted by Gasteiger charge is 2.26. The molecular formula is C23H31N3O2S. The summed E-state index contributed by atoms with van der Waals surface area (Å²) in [4.78, 5) is 18.2. The average Bonchev–Trinajstić information content (AvgIpc) is 3.42. The number of H-pyrrole nitrogens is 1. The second-order valence-electron chi connectivity index (χ2n) is 8.48. The molecule has 1 aromatic carbocycles. The standard InChI is InChI=1S/C23H31N3O2S/c1-15-9-10-17-12-18(22(27)25-21(17)16(15)2)14-26(19-6-3-4-7-19)23(29)24-13-20-8-5-11-28-20/h9-10,12,19-20H,3-8,11,13-14H2,1-2H3,(H,24,29)(H,25,27)/t20-/m1/s1. The summed E-state index contributed by atoms with van der Waals surface area (Å²) in [6.07, 6.45) is 7.16. The largest absolute Gasteiger partial charge is 0.376 e. The van der Waals surface area contributed by atoms with Crippen LogP contribution in [-0.4, -0.2) is 40.3 Å². The second-order valence-corrected chi connectivity index (χ2v) is 8.87. The van der Waals surface area contributed by atoms with E-state index in [1.807, 2.05) is 6.07 Å². The lowest BCUT2D eigenvalue weighted by atomic mass is 10.0. The molecule has 6 heteroatoms. The number of aryl methyl sites for hydroxylation is 2. The Bertz CT molecular complexity index is 943. The highest BCUT2D eigenvalue weighted by Crippen LogP contribution is 2.26. The van der Waals surface area contributed by atoms with E-state index in [-0.39, 0.29) is 11.7 Å². The Morgan fingerprint density at radius 1 is 1.24 bits per heavy atom. The van der Waals surface area contributed by atoms with Gasteiger partial charge in [-0.1, -0.05) is 25.0 Å². The molecule has 4 rings (SSSR count). The Balaban J connectivity index is 1.56. The Morgan fingerprint density at radius 2 is 2.03 bits per heavy atom. The maximum Gasteiger partial charge on any atom is 0.253 e. The number of nitrogens with one attached hydrogen (secondary N) is 2. The third kappa shape index (κ3) is 4.48. The monoisotopic (exact) mass is 413 g/mol. The number of aromatic amines is 1. The van der Waals surface area contributed by atoms with Gasteiger partial charge in [-0.15, -0.1) is 0 Å². The molecule has 1 aliphatic heterocycles. The van der Waals surface area contributed by atoms with Crippen LogP contribution in [0.3, 0.4) is 0 Å². The summed E-state index contributed by atoms with van der Waals surface area (Å²) in [7, 11) is 0. The number of hydrogen-bond donors (Lipinski definition) is 2. The molecule has 5 nitrogen and oxygen atoms in total. The van der Waals surface area contributed by atoms with Gasteiger partial charge in [-0.25, -0.2) is 0 Å². The Labute approximate surface area is 177 Å². The number of hydrogen-bond acceptors (Lipinski definition) is 3. The van der Waals surface area contributed by atoms with Crippen molar-refractivity contribution in [2.24, 2.45) is 0 Å². The predicted molar refractivity (Wildman–Crippen MR) is 121 cm³/mol. The van der Waals surface area contributed by atoms with Crippen LogP contribution in [0.1, 0.15) is 55.2 Å². The summed E-state index contributed by atoms with van der Waals surface area (Å²) in [5, 5.41) is 5.23. The molecule has 2 aromatic rings. The second kappa shape index (κ2) is 8.84. The molecule has 0 unspecified atom stereocenters. The molecular weight excluding hydrogens is 382 g/mol. The van der Waals surface area contributed by atoms with Gasteiger partial charge in [0.2, 0.25) is 0 Å². The van der Waals surface area contributed by atoms with Crippen molar-refractivity contribution in [1.82, 2.24) is 15.2 Å². The van der Waals surface area contributed by atoms with Crippen molar-refractivity contribution in [2.45, 2.75) is 71.1 Å². The minimum absolute atomic E-state index is 0.0175. The van der Waals surface area contributed by atoms with Crippen LogP contribution >= 0.6 is 12.2 Å². The number of pyridine rings is 1. The fourth-order valence-corrected chi connectivity index (χ4v) is 4.86. The topological polar surface area (TPSA) is 57.4 Å². The van der Waals surface area contributed by atoms with Crippen molar-refractivity contribution >= 4 is 28.2 Å². The molecule has 1 atom stereocenters. The Morgan fingerprint density at radius 3 is 2.76 bits per heavy atom. The van der Waals surface area contributed by atoms with Crippen molar-refractivity contribution in [2.75, 3.05) is 13.2 Å². The quantitative estimate of drug-likeness (QED) is 0.727. The van der Waals surface area contributed by atoms with Gasteiger partial charge in [0, 0.05) is 24.8 Å². The number of nitrogens with zero attached hydrogens (tertiary/aromatic N) is 1. The number of aromatic nitrogens is 1. The van der Waals surface area contributed by atoms with Crippen LogP contribution in [0.5, 0.6) is 0 Å². The summed E-state index contributed by atoms with van der Waals surface area (Å²) in [5.74, 6) is 0. The zero-order valence-electron chi connectivity index (χ0n) is 17.4. The molecule has 0 spiro atoms. The third-order valence-electron chi connectivity index (χ3n) is 6.50. The summed E-state index contributed by atoms with van der Waals surface area (Å²) >= 11 is 5.77. The minimum Gasteiger partial charge on any atom is -0.376 e. The molecule has 1 saturated heterocycles. The molecule has 0 bridgehead atoms. The van der Waals surface area contributed by atoms with Crippen LogP contribution in [0.4, 0.5) is 0 Å². The van der Waals surface area contributed by atoms with Gasteiger partial charge in [0.25, 0.3) is 5.56 Å². The van der Waals surface area contributed by atoms with Gasteiger partial charge in [-0.3, -0.25) is 4.79 Å². The normalized spacial score (nSPS) is 19.7. The van der Waals surface area contributed by atoms with Gasteiger partial charge in [0.05, 0.1) is 18.2 Å². The summed E-state index contributed by atoms with van der Waals surface area (Å²) in [6.45, 7) is 6.26. The van der Waals surface area contributed by atoms with Crippen molar-refractivity contribution in [3.8, 4) is 0 Å². The van der Waals surface area contributed by atoms with Gasteiger partial charge < -0.3 is 19.9 Å². The van der Waals surface area contributed by atoms with Crippen molar-refractivity contribution in [1.29, 1.82) is 0 Å². The van der Waals surface area contributed by atoms with Crippen molar-refractivity contribution < 1.29 is 4.74 Å². The lowest BCUT2D eigenvalue weighted by Gasteiger charge is -2.32. The van der Waals surface area contributed by atoms with E-state index in [0.717, 1.165) is 66.0 Å². The number of rotatable bonds is 5. The van der Waals surface area contributed by atoms with E-state index in [2.05, 4.69) is 41.2 Å². The molecule has 0 radical (unpaired) electrons. The van der Waals surface area contributed by atoms with E-state index in [9.17, 15) is 4.79 Å². The van der Waals surface area contributed by atoms with Crippen LogP contribution in [0.15, 0.2) is 23.0 Å². The van der Waals surface area contributed by atoms with Gasteiger partial charge >= 0.3 is 0 Å². The SMILES string of the molecule is Cc1ccc2cc(CN(C(=S)NC[C@H]3CCCO3)C3CCCC3)c(=O)[nH]c2c1C. The van der Waals surface area contributed by atoms with E-state index >= 15 is 0 Å². The first-order chi connectivity index (χ1) is 14.0. The average molecular weight is 414 g/mol. The number of benzene rings is 1. The lowest BCUT2D eigenvalue weighted by Crippen LogP contribution is -2.47. The maximum absolute atomic E-state index is 12.9. The summed E-state index contributed by atoms with van der Waals surface area (Å²) < 4.78 is 5.72. The Hall–Kier alpha value is -1.92. The van der Waals surface area contributed by atoms with E-state index < -0.39 is 0 Å². The van der Waals surface area contributed by atoms with E-state index in [1.54, 1.807) is 0 Å². The van der Waals surface area contributed by atoms with Gasteiger partial charge in [-0.05, 0) is 74.3 Å². The number of thiocarbonyl (C=S) groups is 1. The van der Waals surface area contributed by atoms with Gasteiger partial charge in [-0.2, -0.15) is 0 Å². The first-order valence-electron chi connectivity index (χ1n) is 10.8. The first kappa shape index (κ1) is 20.4. The minimum atomic E-state index is -0.0175. The van der Waals surface area contributed by atoms with Gasteiger partial charge in [0.15, 0.2) is 5.11 Å². The molecule has 2 fully saturated rings. The van der Waals surface area contributed by atoms with Crippen LogP contribution in [0, 0.1) is 13.8 Å². The highest BCUT2D eigenvalue weighted by molar-refractivity contribution is 7.80. The summed E-state index contributed by atoms with van der Waals surface area (Å²) in [6, 6.07) is 6.63. The smallest absolute Gasteiger partial charge is 0.253 e. The molecule has 0 amide bonds. The molecule has 29 heavy (non-hydrogen) atoms. The molecule has 1 saturated carbocycles. The van der Waals surface area contributed by atoms with E-state index in [1.165, 1.54) is 18.4 Å². The van der Waals surface area contributed by atoms with Crippen molar-refractivity contribution in [3.63, 3.8) is 0 Å². The van der Waals surface area contributed by atoms with Crippen LogP contribution in [0.25, 0.3) is 10.9 Å². The van der Waals surface area contributed by atoms with Crippen LogP contribution < -0.4 is 10.9 Å². The van der Waals surface area contributed by atoms with E-state index in [0.29, 0.717) is 12.6 Å². The first-order valence-corrected chi connectivity index (χ1v) is 11.2. The van der Waals surface area contributed by atoms with Crippen LogP contribution in [0.2, 0.25) is 0 Å². The molecule has 156 valence electrons. The van der Waals surface area contributed by atoms with Gasteiger partial charge in [0.1, 0.15) is 0 Å². The van der Waals surface area contributed by atoms with E-state index in [4.69, 9.17) is 17.0 Å². The molecule has 1 aromatic heterocycles. The third-order valence-corrected chi connectivity index (χ3v) is 6.88. The van der Waals surface area contributed by atoms with Crippen molar-refractivity contribution in [3.05, 3.63) is 45.2 Å². The molecule has 2 aliphatic rings. The number of ether oxygens (including phenoxy) is 1. The van der Waals surface area contributed by atoms with Crippen LogP contribution in [-0.2, 0) is 11.3 Å².